The average molecular weight is 323 g/mol. The van der Waals surface area contributed by atoms with Crippen molar-refractivity contribution in [2.75, 3.05) is 5.32 Å². The smallest absolute Gasteiger partial charge is 0.247 e. The number of aromatic nitrogens is 3. The number of allylic oxidation sites excluding steroid dienone is 1. The summed E-state index contributed by atoms with van der Waals surface area (Å²) in [4.78, 5) is 4.28. The summed E-state index contributed by atoms with van der Waals surface area (Å²) in [6.45, 7) is 1.79. The molecule has 0 aliphatic heterocycles. The molecule has 0 saturated carbocycles. The molecule has 0 spiro atoms. The predicted molar refractivity (Wildman–Crippen MR) is 87.9 cm³/mol. The van der Waals surface area contributed by atoms with E-state index in [4.69, 9.17) is 22.1 Å². The molecule has 0 amide bonds. The molecule has 0 aliphatic carbocycles. The fourth-order valence-electron chi connectivity index (χ4n) is 1.59. The molecule has 2 rings (SSSR count). The molecule has 0 saturated heterocycles. The van der Waals surface area contributed by atoms with Crippen molar-refractivity contribution in [2.24, 2.45) is 0 Å². The third-order valence-corrected chi connectivity index (χ3v) is 3.03. The van der Waals surface area contributed by atoms with Gasteiger partial charge in [0.2, 0.25) is 5.95 Å². The molecule has 1 aromatic heterocycles. The normalized spacial score (nSPS) is 9.91. The van der Waals surface area contributed by atoms with Crippen LogP contribution in [0.2, 0.25) is 5.02 Å². The van der Waals surface area contributed by atoms with E-state index in [9.17, 15) is 0 Å². The molecule has 0 radical (unpaired) electrons. The minimum absolute atomic E-state index is 0.0765. The lowest BCUT2D eigenvalue weighted by molar-refractivity contribution is 0.926. The minimum Gasteiger partial charge on any atom is -0.327 e. The topological polar surface area (TPSA) is 98.3 Å². The zero-order valence-corrected chi connectivity index (χ0v) is 12.9. The SMILES string of the molecule is Cc1nnc(NC=C(C#N)C#N)nc1/C=C/c1ccc(Cl)cc1. The Bertz CT molecular complexity index is 824. The number of rotatable bonds is 4. The first kappa shape index (κ1) is 16.2. The van der Waals surface area contributed by atoms with Crippen LogP contribution in [0.3, 0.4) is 0 Å². The van der Waals surface area contributed by atoms with Gasteiger partial charge in [0.05, 0.1) is 11.4 Å². The summed E-state index contributed by atoms with van der Waals surface area (Å²) in [5.74, 6) is 0.203. The van der Waals surface area contributed by atoms with Gasteiger partial charge < -0.3 is 5.32 Å². The van der Waals surface area contributed by atoms with Gasteiger partial charge in [0.15, 0.2) is 0 Å². The minimum atomic E-state index is -0.0765. The largest absolute Gasteiger partial charge is 0.327 e. The number of nitriles is 2. The van der Waals surface area contributed by atoms with E-state index in [0.29, 0.717) is 16.4 Å². The maximum atomic E-state index is 8.67. The third-order valence-electron chi connectivity index (χ3n) is 2.78. The Kier molecular flexibility index (Phi) is 5.40. The van der Waals surface area contributed by atoms with Gasteiger partial charge in [0, 0.05) is 11.2 Å². The maximum absolute atomic E-state index is 8.67. The molecule has 7 heteroatoms. The van der Waals surface area contributed by atoms with Crippen LogP contribution in [0.25, 0.3) is 12.2 Å². The van der Waals surface area contributed by atoms with Crippen molar-refractivity contribution in [3.05, 3.63) is 58.0 Å². The number of hydrogen-bond acceptors (Lipinski definition) is 6. The molecule has 0 atom stereocenters. The number of nitrogens with one attached hydrogen (secondary N) is 1. The van der Waals surface area contributed by atoms with Crippen LogP contribution in [0.15, 0.2) is 36.0 Å². The van der Waals surface area contributed by atoms with Gasteiger partial charge >= 0.3 is 0 Å². The second-order valence-electron chi connectivity index (χ2n) is 4.42. The highest BCUT2D eigenvalue weighted by Crippen LogP contribution is 2.13. The first-order valence-electron chi connectivity index (χ1n) is 6.54. The van der Waals surface area contributed by atoms with Crippen molar-refractivity contribution >= 4 is 29.7 Å². The molecular formula is C16H11ClN6. The molecule has 0 unspecified atom stereocenters. The zero-order chi connectivity index (χ0) is 16.7. The van der Waals surface area contributed by atoms with Crippen LogP contribution in [0.1, 0.15) is 17.0 Å². The lowest BCUT2D eigenvalue weighted by Crippen LogP contribution is -2.02. The van der Waals surface area contributed by atoms with Crippen molar-refractivity contribution in [1.82, 2.24) is 15.2 Å². The Labute approximate surface area is 138 Å². The van der Waals surface area contributed by atoms with Crippen molar-refractivity contribution in [3.63, 3.8) is 0 Å². The Balaban J connectivity index is 2.21. The first-order chi connectivity index (χ1) is 11.1. The fraction of sp³-hybridized carbons (Fsp3) is 0.0625. The van der Waals surface area contributed by atoms with Crippen LogP contribution in [0.5, 0.6) is 0 Å². The lowest BCUT2D eigenvalue weighted by atomic mass is 10.2. The number of anilines is 1. The highest BCUT2D eigenvalue weighted by molar-refractivity contribution is 6.30. The van der Waals surface area contributed by atoms with Gasteiger partial charge in [-0.2, -0.15) is 10.5 Å². The Hall–Kier alpha value is -3.22. The van der Waals surface area contributed by atoms with Gasteiger partial charge in [-0.15, -0.1) is 10.2 Å². The first-order valence-corrected chi connectivity index (χ1v) is 6.92. The molecule has 1 heterocycles. The van der Waals surface area contributed by atoms with Gasteiger partial charge in [-0.1, -0.05) is 29.8 Å². The molecule has 6 nitrogen and oxygen atoms in total. The summed E-state index contributed by atoms with van der Waals surface area (Å²) in [5, 5.41) is 28.6. The molecule has 0 bridgehead atoms. The van der Waals surface area contributed by atoms with E-state index in [1.165, 1.54) is 6.20 Å². The highest BCUT2D eigenvalue weighted by atomic mass is 35.5. The average Bonchev–Trinajstić information content (AvgIpc) is 2.57. The van der Waals surface area contributed by atoms with Crippen molar-refractivity contribution in [1.29, 1.82) is 10.5 Å². The second kappa shape index (κ2) is 7.69. The van der Waals surface area contributed by atoms with Crippen LogP contribution < -0.4 is 5.32 Å². The van der Waals surface area contributed by atoms with E-state index in [1.807, 2.05) is 18.2 Å². The zero-order valence-electron chi connectivity index (χ0n) is 12.2. The maximum Gasteiger partial charge on any atom is 0.247 e. The van der Waals surface area contributed by atoms with Gasteiger partial charge in [0.1, 0.15) is 17.7 Å². The Morgan fingerprint density at radius 3 is 2.48 bits per heavy atom. The molecule has 0 aliphatic rings. The standard InChI is InChI=1S/C16H11ClN6/c1-11-15(7-4-12-2-5-14(17)6-3-12)21-16(23-22-11)20-10-13(8-18)9-19/h2-7,10H,1H3,(H,20,21,23)/b7-4+. The van der Waals surface area contributed by atoms with E-state index in [1.54, 1.807) is 37.3 Å². The quantitative estimate of drug-likeness (QED) is 0.867. The van der Waals surface area contributed by atoms with Crippen molar-refractivity contribution in [3.8, 4) is 12.1 Å². The second-order valence-corrected chi connectivity index (χ2v) is 4.85. The molecular weight excluding hydrogens is 312 g/mol. The molecule has 112 valence electrons. The summed E-state index contributed by atoms with van der Waals surface area (Å²) >= 11 is 5.84. The number of halogens is 1. The molecule has 2 aromatic rings. The van der Waals surface area contributed by atoms with Gasteiger partial charge in [-0.05, 0) is 30.7 Å². The third kappa shape index (κ3) is 4.63. The summed E-state index contributed by atoms with van der Waals surface area (Å²) in [7, 11) is 0. The number of benzene rings is 1. The predicted octanol–water partition coefficient (Wildman–Crippen LogP) is 3.35. The van der Waals surface area contributed by atoms with E-state index < -0.39 is 0 Å². The van der Waals surface area contributed by atoms with E-state index in [-0.39, 0.29) is 11.5 Å². The Morgan fingerprint density at radius 1 is 1.13 bits per heavy atom. The highest BCUT2D eigenvalue weighted by Gasteiger charge is 2.02. The van der Waals surface area contributed by atoms with E-state index >= 15 is 0 Å². The van der Waals surface area contributed by atoms with Crippen molar-refractivity contribution in [2.45, 2.75) is 6.92 Å². The number of nitrogens with zero attached hydrogens (tertiary/aromatic N) is 5. The fourth-order valence-corrected chi connectivity index (χ4v) is 1.71. The van der Waals surface area contributed by atoms with Gasteiger partial charge in [-0.3, -0.25) is 0 Å². The monoisotopic (exact) mass is 322 g/mol. The summed E-state index contributed by atoms with van der Waals surface area (Å²) in [5.41, 5.74) is 2.18. The van der Waals surface area contributed by atoms with E-state index in [0.717, 1.165) is 5.56 Å². The molecule has 1 N–H and O–H groups in total. The Morgan fingerprint density at radius 2 is 1.83 bits per heavy atom. The number of aryl methyl sites for hydroxylation is 1. The van der Waals surface area contributed by atoms with Crippen LogP contribution in [-0.4, -0.2) is 15.2 Å². The van der Waals surface area contributed by atoms with E-state index in [2.05, 4.69) is 20.5 Å². The van der Waals surface area contributed by atoms with Crippen LogP contribution in [0.4, 0.5) is 5.95 Å². The molecule has 0 fully saturated rings. The van der Waals surface area contributed by atoms with Crippen LogP contribution >= 0.6 is 11.6 Å². The number of hydrogen-bond donors (Lipinski definition) is 1. The lowest BCUT2D eigenvalue weighted by Gasteiger charge is -2.02. The molecule has 23 heavy (non-hydrogen) atoms. The van der Waals surface area contributed by atoms with Crippen LogP contribution in [0, 0.1) is 29.6 Å². The summed E-state index contributed by atoms with van der Waals surface area (Å²) in [6.07, 6.45) is 4.92. The molecule has 1 aromatic carbocycles. The summed E-state index contributed by atoms with van der Waals surface area (Å²) in [6, 6.07) is 10.8. The summed E-state index contributed by atoms with van der Waals surface area (Å²) < 4.78 is 0. The van der Waals surface area contributed by atoms with Crippen LogP contribution in [-0.2, 0) is 0 Å². The van der Waals surface area contributed by atoms with Crippen molar-refractivity contribution < 1.29 is 0 Å². The van der Waals surface area contributed by atoms with Gasteiger partial charge in [-0.25, -0.2) is 4.98 Å². The van der Waals surface area contributed by atoms with Gasteiger partial charge in [0.25, 0.3) is 0 Å².